The van der Waals surface area contributed by atoms with Crippen molar-refractivity contribution in [3.8, 4) is 0 Å². The predicted molar refractivity (Wildman–Crippen MR) is 95.4 cm³/mol. The first-order valence-electron chi connectivity index (χ1n) is 9.07. The average Bonchev–Trinajstić information content (AvgIpc) is 2.56. The molecule has 0 heterocycles. The first-order chi connectivity index (χ1) is 11.1. The van der Waals surface area contributed by atoms with Crippen molar-refractivity contribution in [2.24, 2.45) is 0 Å². The predicted octanol–water partition coefficient (Wildman–Crippen LogP) is 1.17. The number of hydrogen-bond acceptors (Lipinski definition) is 4. The molecular weight excluding hydrogens is 292 g/mol. The van der Waals surface area contributed by atoms with Gasteiger partial charge in [0.15, 0.2) is 0 Å². The van der Waals surface area contributed by atoms with Crippen LogP contribution < -0.4 is 21.3 Å². The van der Waals surface area contributed by atoms with Crippen molar-refractivity contribution in [1.82, 2.24) is 21.3 Å². The molecule has 0 bridgehead atoms. The number of amides is 2. The second-order valence-corrected chi connectivity index (χ2v) is 5.84. The molecule has 6 nitrogen and oxygen atoms in total. The summed E-state index contributed by atoms with van der Waals surface area (Å²) in [7, 11) is 0. The third-order valence-electron chi connectivity index (χ3n) is 4.07. The van der Waals surface area contributed by atoms with E-state index >= 15 is 0 Å². The summed E-state index contributed by atoms with van der Waals surface area (Å²) in [4.78, 5) is 23.3. The fourth-order valence-electron chi connectivity index (χ4n) is 2.30. The van der Waals surface area contributed by atoms with E-state index in [2.05, 4.69) is 49.0 Å². The van der Waals surface area contributed by atoms with Crippen molar-refractivity contribution < 1.29 is 9.59 Å². The summed E-state index contributed by atoms with van der Waals surface area (Å²) in [6.07, 6.45) is 4.86. The Morgan fingerprint density at radius 3 is 1.35 bits per heavy atom. The highest BCUT2D eigenvalue weighted by atomic mass is 16.2. The van der Waals surface area contributed by atoms with E-state index in [0.717, 1.165) is 32.1 Å². The van der Waals surface area contributed by atoms with Crippen LogP contribution in [-0.4, -0.2) is 50.1 Å². The highest BCUT2D eigenvalue weighted by molar-refractivity contribution is 5.78. The van der Waals surface area contributed by atoms with Gasteiger partial charge in [0.1, 0.15) is 0 Å². The van der Waals surface area contributed by atoms with Gasteiger partial charge in [-0.05, 0) is 32.1 Å². The highest BCUT2D eigenvalue weighted by Gasteiger charge is 2.07. The molecule has 0 rings (SSSR count). The smallest absolute Gasteiger partial charge is 0.233 e. The minimum atomic E-state index is 0.0126. The van der Waals surface area contributed by atoms with E-state index in [9.17, 15) is 9.59 Å². The van der Waals surface area contributed by atoms with Crippen LogP contribution in [0.5, 0.6) is 0 Å². The Hall–Kier alpha value is -1.14. The SMILES string of the molecule is CCC(CC)NCC(=O)NCCCNC(=O)CNC(CC)CC. The van der Waals surface area contributed by atoms with E-state index in [1.54, 1.807) is 0 Å². The number of hydrogen-bond donors (Lipinski definition) is 4. The van der Waals surface area contributed by atoms with Crippen molar-refractivity contribution in [2.45, 2.75) is 71.9 Å². The van der Waals surface area contributed by atoms with Gasteiger partial charge in [-0.15, -0.1) is 0 Å². The lowest BCUT2D eigenvalue weighted by atomic mass is 10.2. The number of nitrogens with one attached hydrogen (secondary N) is 4. The lowest BCUT2D eigenvalue weighted by Crippen LogP contribution is -2.41. The molecule has 0 aliphatic rings. The quantitative estimate of drug-likeness (QED) is 0.361. The van der Waals surface area contributed by atoms with Gasteiger partial charge in [-0.1, -0.05) is 27.7 Å². The molecule has 136 valence electrons. The minimum Gasteiger partial charge on any atom is -0.355 e. The molecule has 0 spiro atoms. The first kappa shape index (κ1) is 21.9. The van der Waals surface area contributed by atoms with Gasteiger partial charge in [-0.25, -0.2) is 0 Å². The molecule has 0 aliphatic heterocycles. The van der Waals surface area contributed by atoms with Gasteiger partial charge in [0.2, 0.25) is 11.8 Å². The standard InChI is InChI=1S/C17H36N4O2/c1-5-14(6-2)20-12-16(22)18-10-9-11-19-17(23)13-21-15(7-3)8-4/h14-15,20-21H,5-13H2,1-4H3,(H,18,22)(H,19,23). The molecular formula is C17H36N4O2. The second-order valence-electron chi connectivity index (χ2n) is 5.84. The lowest BCUT2D eigenvalue weighted by Gasteiger charge is -2.15. The Bertz CT molecular complexity index is 286. The Balaban J connectivity index is 3.57. The summed E-state index contributed by atoms with van der Waals surface area (Å²) < 4.78 is 0. The van der Waals surface area contributed by atoms with Crippen molar-refractivity contribution >= 4 is 11.8 Å². The fourth-order valence-corrected chi connectivity index (χ4v) is 2.30. The van der Waals surface area contributed by atoms with Gasteiger partial charge in [0.05, 0.1) is 13.1 Å². The van der Waals surface area contributed by atoms with Crippen molar-refractivity contribution in [2.75, 3.05) is 26.2 Å². The zero-order valence-electron chi connectivity index (χ0n) is 15.3. The second kappa shape index (κ2) is 14.5. The van der Waals surface area contributed by atoms with Crippen LogP contribution in [0.3, 0.4) is 0 Å². The Morgan fingerprint density at radius 1 is 0.696 bits per heavy atom. The zero-order valence-corrected chi connectivity index (χ0v) is 15.3. The Labute approximate surface area is 141 Å². The third-order valence-corrected chi connectivity index (χ3v) is 4.07. The van der Waals surface area contributed by atoms with Crippen LogP contribution in [0.4, 0.5) is 0 Å². The summed E-state index contributed by atoms with van der Waals surface area (Å²) in [5.41, 5.74) is 0. The molecule has 4 N–H and O–H groups in total. The number of rotatable bonds is 14. The molecule has 0 aromatic rings. The van der Waals surface area contributed by atoms with Crippen molar-refractivity contribution in [1.29, 1.82) is 0 Å². The molecule has 0 aromatic carbocycles. The van der Waals surface area contributed by atoms with Gasteiger partial charge < -0.3 is 21.3 Å². The molecule has 0 atom stereocenters. The molecule has 0 fully saturated rings. The Morgan fingerprint density at radius 2 is 1.04 bits per heavy atom. The van der Waals surface area contributed by atoms with Crippen molar-refractivity contribution in [3.05, 3.63) is 0 Å². The molecule has 0 aliphatic carbocycles. The maximum atomic E-state index is 11.6. The number of carbonyl (C=O) groups is 2. The highest BCUT2D eigenvalue weighted by Crippen LogP contribution is 1.95. The van der Waals surface area contributed by atoms with Crippen LogP contribution in [0.1, 0.15) is 59.8 Å². The first-order valence-corrected chi connectivity index (χ1v) is 9.07. The van der Waals surface area contributed by atoms with Crippen LogP contribution in [0.25, 0.3) is 0 Å². The van der Waals surface area contributed by atoms with Gasteiger partial charge in [-0.2, -0.15) is 0 Å². The maximum absolute atomic E-state index is 11.6. The summed E-state index contributed by atoms with van der Waals surface area (Å²) in [6.45, 7) is 10.3. The van der Waals surface area contributed by atoms with E-state index in [4.69, 9.17) is 0 Å². The zero-order chi connectivity index (χ0) is 17.5. The molecule has 0 saturated heterocycles. The van der Waals surface area contributed by atoms with Gasteiger partial charge in [0.25, 0.3) is 0 Å². The monoisotopic (exact) mass is 328 g/mol. The molecule has 0 aromatic heterocycles. The van der Waals surface area contributed by atoms with Crippen LogP contribution in [0, 0.1) is 0 Å². The normalized spacial score (nSPS) is 11.0. The van der Waals surface area contributed by atoms with E-state index in [1.165, 1.54) is 0 Å². The molecule has 2 amide bonds. The summed E-state index contributed by atoms with van der Waals surface area (Å²) in [5.74, 6) is 0.0252. The summed E-state index contributed by atoms with van der Waals surface area (Å²) in [6, 6.07) is 0.810. The Kier molecular flexibility index (Phi) is 13.7. The van der Waals surface area contributed by atoms with Crippen molar-refractivity contribution in [3.63, 3.8) is 0 Å². The average molecular weight is 329 g/mol. The van der Waals surface area contributed by atoms with E-state index < -0.39 is 0 Å². The lowest BCUT2D eigenvalue weighted by molar-refractivity contribution is -0.120. The largest absolute Gasteiger partial charge is 0.355 e. The van der Waals surface area contributed by atoms with Gasteiger partial charge in [-0.3, -0.25) is 9.59 Å². The minimum absolute atomic E-state index is 0.0126. The van der Waals surface area contributed by atoms with E-state index in [-0.39, 0.29) is 11.8 Å². The van der Waals surface area contributed by atoms with E-state index in [1.807, 2.05) is 0 Å². The number of carbonyl (C=O) groups excluding carboxylic acids is 2. The topological polar surface area (TPSA) is 82.3 Å². The summed E-state index contributed by atoms with van der Waals surface area (Å²) in [5, 5.41) is 12.2. The van der Waals surface area contributed by atoms with Gasteiger partial charge >= 0.3 is 0 Å². The van der Waals surface area contributed by atoms with Crippen LogP contribution in [0.2, 0.25) is 0 Å². The van der Waals surface area contributed by atoms with E-state index in [0.29, 0.717) is 38.3 Å². The molecule has 23 heavy (non-hydrogen) atoms. The molecule has 0 radical (unpaired) electrons. The van der Waals surface area contributed by atoms with Crippen LogP contribution >= 0.6 is 0 Å². The van der Waals surface area contributed by atoms with Crippen LogP contribution in [0.15, 0.2) is 0 Å². The maximum Gasteiger partial charge on any atom is 0.233 e. The van der Waals surface area contributed by atoms with Crippen LogP contribution in [-0.2, 0) is 9.59 Å². The summed E-state index contributed by atoms with van der Waals surface area (Å²) >= 11 is 0. The molecule has 0 saturated carbocycles. The fraction of sp³-hybridized carbons (Fsp3) is 0.882. The molecule has 0 unspecified atom stereocenters. The third kappa shape index (κ3) is 12.0. The molecule has 6 heteroatoms. The van der Waals surface area contributed by atoms with Gasteiger partial charge in [0, 0.05) is 25.2 Å².